The first-order valence-electron chi connectivity index (χ1n) is 4.37. The van der Waals surface area contributed by atoms with Gasteiger partial charge < -0.3 is 9.94 Å². The molecule has 0 aliphatic carbocycles. The van der Waals surface area contributed by atoms with Gasteiger partial charge in [-0.25, -0.2) is 9.87 Å². The molecule has 1 atom stereocenters. The van der Waals surface area contributed by atoms with Gasteiger partial charge >= 0.3 is 0 Å². The zero-order chi connectivity index (χ0) is 10.6. The summed E-state index contributed by atoms with van der Waals surface area (Å²) < 4.78 is 18.2. The zero-order valence-corrected chi connectivity index (χ0v) is 8.25. The number of halogens is 1. The molecule has 0 radical (unpaired) electrons. The number of rotatable bonds is 4. The first-order valence-corrected chi connectivity index (χ1v) is 4.37. The topological polar surface area (TPSA) is 41.5 Å². The van der Waals surface area contributed by atoms with Gasteiger partial charge in [-0.15, -0.1) is 0 Å². The van der Waals surface area contributed by atoms with E-state index in [0.29, 0.717) is 11.3 Å². The maximum absolute atomic E-state index is 13.1. The van der Waals surface area contributed by atoms with Crippen LogP contribution < -0.4 is 10.2 Å². The lowest BCUT2D eigenvalue weighted by atomic mass is 10.1. The summed E-state index contributed by atoms with van der Waals surface area (Å²) in [6, 6.07) is 5.18. The molecule has 0 aromatic heterocycles. The molecular weight excluding hydrogens is 185 g/mol. The van der Waals surface area contributed by atoms with Crippen LogP contribution in [0.25, 0.3) is 0 Å². The number of hydroxylamine groups is 1. The van der Waals surface area contributed by atoms with Gasteiger partial charge in [-0.2, -0.15) is 0 Å². The average Bonchev–Trinajstić information content (AvgIpc) is 2.18. The van der Waals surface area contributed by atoms with Gasteiger partial charge in [-0.3, -0.25) is 0 Å². The summed E-state index contributed by atoms with van der Waals surface area (Å²) in [5.74, 6) is 0.490. The quantitative estimate of drug-likeness (QED) is 0.730. The van der Waals surface area contributed by atoms with E-state index in [9.17, 15) is 4.39 Å². The van der Waals surface area contributed by atoms with Crippen molar-refractivity contribution < 1.29 is 14.3 Å². The van der Waals surface area contributed by atoms with Crippen LogP contribution in [0.5, 0.6) is 5.75 Å². The van der Waals surface area contributed by atoms with Gasteiger partial charge in [0.1, 0.15) is 11.9 Å². The lowest BCUT2D eigenvalue weighted by Gasteiger charge is -2.13. The van der Waals surface area contributed by atoms with Gasteiger partial charge in [0.15, 0.2) is 0 Å². The van der Waals surface area contributed by atoms with Gasteiger partial charge in [-0.1, -0.05) is 18.2 Å². The van der Waals surface area contributed by atoms with Crippen molar-refractivity contribution >= 4 is 0 Å². The van der Waals surface area contributed by atoms with E-state index in [-0.39, 0.29) is 6.54 Å². The first kappa shape index (κ1) is 10.9. The van der Waals surface area contributed by atoms with Crippen LogP contribution >= 0.6 is 0 Å². The molecule has 1 rings (SSSR count). The molecule has 0 saturated carbocycles. The fourth-order valence-electron chi connectivity index (χ4n) is 1.39. The van der Waals surface area contributed by atoms with Crippen molar-refractivity contribution in [2.75, 3.05) is 7.11 Å². The fourth-order valence-corrected chi connectivity index (χ4v) is 1.39. The Morgan fingerprint density at radius 3 is 2.79 bits per heavy atom. The Balaban J connectivity index is 3.11. The molecule has 1 aromatic rings. The number of ether oxygens (including phenoxy) is 1. The summed E-state index contributed by atoms with van der Waals surface area (Å²) in [6.45, 7) is 1.69. The van der Waals surface area contributed by atoms with E-state index in [1.54, 1.807) is 18.2 Å². The second kappa shape index (κ2) is 4.93. The average molecular weight is 199 g/mol. The number of alkyl halides is 1. The van der Waals surface area contributed by atoms with Crippen molar-refractivity contribution in [3.63, 3.8) is 0 Å². The van der Waals surface area contributed by atoms with Gasteiger partial charge in [0.25, 0.3) is 0 Å². The molecule has 1 aromatic carbocycles. The van der Waals surface area contributed by atoms with Gasteiger partial charge in [0.2, 0.25) is 0 Å². The molecule has 0 amide bonds. The summed E-state index contributed by atoms with van der Waals surface area (Å²) in [6.07, 6.45) is -1.08. The van der Waals surface area contributed by atoms with E-state index in [2.05, 4.69) is 0 Å². The highest BCUT2D eigenvalue weighted by Gasteiger charge is 2.13. The van der Waals surface area contributed by atoms with Crippen LogP contribution in [0.1, 0.15) is 24.2 Å². The zero-order valence-electron chi connectivity index (χ0n) is 8.25. The lowest BCUT2D eigenvalue weighted by molar-refractivity contribution is 0.160. The van der Waals surface area contributed by atoms with Crippen LogP contribution in [0.3, 0.4) is 0 Å². The second-order valence-corrected chi connectivity index (χ2v) is 2.99. The number of hydrogen-bond donors (Lipinski definition) is 2. The number of methoxy groups -OCH3 is 1. The lowest BCUT2D eigenvalue weighted by Crippen LogP contribution is -2.08. The molecule has 0 fully saturated rings. The van der Waals surface area contributed by atoms with Crippen molar-refractivity contribution in [2.24, 2.45) is 0 Å². The number of hydrogen-bond acceptors (Lipinski definition) is 3. The van der Waals surface area contributed by atoms with Crippen molar-refractivity contribution in [3.05, 3.63) is 29.3 Å². The van der Waals surface area contributed by atoms with Crippen LogP contribution in [0.4, 0.5) is 4.39 Å². The van der Waals surface area contributed by atoms with E-state index >= 15 is 0 Å². The highest BCUT2D eigenvalue weighted by atomic mass is 19.1. The van der Waals surface area contributed by atoms with Crippen molar-refractivity contribution in [2.45, 2.75) is 19.6 Å². The summed E-state index contributed by atoms with van der Waals surface area (Å²) >= 11 is 0. The Morgan fingerprint density at radius 1 is 1.57 bits per heavy atom. The standard InChI is InChI=1S/C10H14FNO2/c1-7(11)9-5-3-4-8(6-12-13)10(9)14-2/h3-5,7,12-13H,6H2,1-2H3. The predicted molar refractivity (Wildman–Crippen MR) is 51.1 cm³/mol. The third-order valence-corrected chi connectivity index (χ3v) is 2.03. The third kappa shape index (κ3) is 2.21. The molecule has 78 valence electrons. The SMILES string of the molecule is COc1c(CNO)cccc1C(C)F. The predicted octanol–water partition coefficient (Wildman–Crippen LogP) is 2.20. The van der Waals surface area contributed by atoms with Crippen LogP contribution in [0.15, 0.2) is 18.2 Å². The highest BCUT2D eigenvalue weighted by molar-refractivity contribution is 5.42. The highest BCUT2D eigenvalue weighted by Crippen LogP contribution is 2.30. The summed E-state index contributed by atoms with van der Waals surface area (Å²) in [5.41, 5.74) is 3.26. The third-order valence-electron chi connectivity index (χ3n) is 2.03. The number of nitrogens with one attached hydrogen (secondary N) is 1. The van der Waals surface area contributed by atoms with Crippen molar-refractivity contribution in [1.29, 1.82) is 0 Å². The Kier molecular flexibility index (Phi) is 3.85. The summed E-state index contributed by atoms with van der Waals surface area (Å²) in [4.78, 5) is 0. The Morgan fingerprint density at radius 2 is 2.29 bits per heavy atom. The molecule has 3 nitrogen and oxygen atoms in total. The van der Waals surface area contributed by atoms with Gasteiger partial charge in [-0.05, 0) is 6.92 Å². The molecule has 0 aliphatic rings. The van der Waals surface area contributed by atoms with Crippen LogP contribution in [-0.2, 0) is 6.54 Å². The molecule has 0 spiro atoms. The molecule has 0 saturated heterocycles. The van der Waals surface area contributed by atoms with E-state index in [1.165, 1.54) is 14.0 Å². The van der Waals surface area contributed by atoms with Crippen molar-refractivity contribution in [3.8, 4) is 5.75 Å². The fraction of sp³-hybridized carbons (Fsp3) is 0.400. The minimum Gasteiger partial charge on any atom is -0.496 e. The molecular formula is C10H14FNO2. The Bertz CT molecular complexity index is 302. The van der Waals surface area contributed by atoms with Gasteiger partial charge in [0.05, 0.1) is 7.11 Å². The molecule has 0 heterocycles. The smallest absolute Gasteiger partial charge is 0.129 e. The molecule has 14 heavy (non-hydrogen) atoms. The maximum atomic E-state index is 13.1. The molecule has 1 unspecified atom stereocenters. The number of para-hydroxylation sites is 1. The minimum absolute atomic E-state index is 0.240. The maximum Gasteiger partial charge on any atom is 0.129 e. The van der Waals surface area contributed by atoms with Gasteiger partial charge in [0, 0.05) is 17.7 Å². The van der Waals surface area contributed by atoms with E-state index in [1.807, 2.05) is 5.48 Å². The number of benzene rings is 1. The van der Waals surface area contributed by atoms with E-state index < -0.39 is 6.17 Å². The Labute approximate surface area is 82.5 Å². The molecule has 2 N–H and O–H groups in total. The molecule has 4 heteroatoms. The normalized spacial score (nSPS) is 12.6. The van der Waals surface area contributed by atoms with Crippen LogP contribution in [0, 0.1) is 0 Å². The monoisotopic (exact) mass is 199 g/mol. The van der Waals surface area contributed by atoms with Crippen LogP contribution in [0.2, 0.25) is 0 Å². The largest absolute Gasteiger partial charge is 0.496 e. The van der Waals surface area contributed by atoms with Crippen molar-refractivity contribution in [1.82, 2.24) is 5.48 Å². The molecule has 0 aliphatic heterocycles. The summed E-state index contributed by atoms with van der Waals surface area (Å²) in [7, 11) is 1.49. The van der Waals surface area contributed by atoms with Crippen LogP contribution in [-0.4, -0.2) is 12.3 Å². The summed E-state index contributed by atoms with van der Waals surface area (Å²) in [5, 5.41) is 8.57. The van der Waals surface area contributed by atoms with E-state index in [4.69, 9.17) is 9.94 Å². The molecule has 0 bridgehead atoms. The first-order chi connectivity index (χ1) is 6.70. The van der Waals surface area contributed by atoms with E-state index in [0.717, 1.165) is 5.56 Å². The minimum atomic E-state index is -1.08. The Hall–Kier alpha value is -1.13. The second-order valence-electron chi connectivity index (χ2n) is 2.99.